The SMILES string of the molecule is COC(=O)c1cc(OCC(=O)Nc2ccc(CC(=O)O)cc2)c2c(Cl)cc(Cl)cc2c1. The van der Waals surface area contributed by atoms with Crippen molar-refractivity contribution in [3.05, 3.63) is 69.7 Å². The highest BCUT2D eigenvalue weighted by atomic mass is 35.5. The number of carbonyl (C=O) groups excluding carboxylic acids is 2. The first-order chi connectivity index (χ1) is 14.8. The number of carboxylic acids is 1. The summed E-state index contributed by atoms with van der Waals surface area (Å²) in [7, 11) is 1.26. The molecule has 0 heterocycles. The predicted molar refractivity (Wildman–Crippen MR) is 117 cm³/mol. The van der Waals surface area contributed by atoms with E-state index in [1.807, 2.05) is 0 Å². The van der Waals surface area contributed by atoms with Crippen molar-refractivity contribution in [2.24, 2.45) is 0 Å². The predicted octanol–water partition coefficient (Wildman–Crippen LogP) is 4.58. The van der Waals surface area contributed by atoms with Gasteiger partial charge in [-0.3, -0.25) is 9.59 Å². The average molecular weight is 462 g/mol. The molecule has 0 spiro atoms. The van der Waals surface area contributed by atoms with Gasteiger partial charge in [0, 0.05) is 16.1 Å². The number of methoxy groups -OCH3 is 1. The van der Waals surface area contributed by atoms with Crippen molar-refractivity contribution < 1.29 is 29.0 Å². The molecule has 0 aliphatic rings. The highest BCUT2D eigenvalue weighted by molar-refractivity contribution is 6.39. The molecule has 0 atom stereocenters. The monoisotopic (exact) mass is 461 g/mol. The Bertz CT molecular complexity index is 1160. The van der Waals surface area contributed by atoms with E-state index in [1.165, 1.54) is 19.2 Å². The van der Waals surface area contributed by atoms with E-state index in [0.29, 0.717) is 32.1 Å². The number of hydrogen-bond acceptors (Lipinski definition) is 5. The van der Waals surface area contributed by atoms with Crippen LogP contribution in [0.2, 0.25) is 10.0 Å². The van der Waals surface area contributed by atoms with Crippen LogP contribution in [-0.2, 0) is 20.7 Å². The van der Waals surface area contributed by atoms with E-state index in [9.17, 15) is 14.4 Å². The molecular weight excluding hydrogens is 445 g/mol. The van der Waals surface area contributed by atoms with Crippen molar-refractivity contribution in [2.45, 2.75) is 6.42 Å². The molecule has 0 saturated carbocycles. The zero-order valence-corrected chi connectivity index (χ0v) is 17.8. The maximum atomic E-state index is 12.3. The summed E-state index contributed by atoms with van der Waals surface area (Å²) in [5.74, 6) is -1.74. The number of esters is 1. The van der Waals surface area contributed by atoms with Crippen LogP contribution in [0.5, 0.6) is 5.75 Å². The van der Waals surface area contributed by atoms with Crippen molar-refractivity contribution in [1.29, 1.82) is 0 Å². The second kappa shape index (κ2) is 9.68. The van der Waals surface area contributed by atoms with E-state index < -0.39 is 17.8 Å². The largest absolute Gasteiger partial charge is 0.483 e. The summed E-state index contributed by atoms with van der Waals surface area (Å²) < 4.78 is 10.4. The van der Waals surface area contributed by atoms with Crippen molar-refractivity contribution >= 4 is 57.5 Å². The fourth-order valence-electron chi connectivity index (χ4n) is 2.96. The van der Waals surface area contributed by atoms with Crippen LogP contribution >= 0.6 is 23.2 Å². The van der Waals surface area contributed by atoms with Gasteiger partial charge in [0.15, 0.2) is 6.61 Å². The number of anilines is 1. The molecule has 0 fully saturated rings. The molecule has 0 unspecified atom stereocenters. The Kier molecular flexibility index (Phi) is 6.99. The molecule has 160 valence electrons. The number of fused-ring (bicyclic) bond motifs is 1. The number of benzene rings is 3. The van der Waals surface area contributed by atoms with E-state index in [0.717, 1.165) is 0 Å². The summed E-state index contributed by atoms with van der Waals surface area (Å²) in [5.41, 5.74) is 1.32. The first-order valence-corrected chi connectivity index (χ1v) is 9.77. The molecule has 9 heteroatoms. The number of aliphatic carboxylic acids is 1. The van der Waals surface area contributed by atoms with Gasteiger partial charge in [0.1, 0.15) is 5.75 Å². The molecule has 0 saturated heterocycles. The second-order valence-corrected chi connectivity index (χ2v) is 7.40. The summed E-state index contributed by atoms with van der Waals surface area (Å²) in [5, 5.41) is 13.2. The van der Waals surface area contributed by atoms with Crippen LogP contribution in [0.4, 0.5) is 5.69 Å². The van der Waals surface area contributed by atoms with Crippen LogP contribution < -0.4 is 10.1 Å². The van der Waals surface area contributed by atoms with Gasteiger partial charge in [0.05, 0.1) is 24.1 Å². The van der Waals surface area contributed by atoms with Gasteiger partial charge in [-0.1, -0.05) is 35.3 Å². The standard InChI is InChI=1S/C22H17Cl2NO6/c1-30-22(29)14-7-13-8-15(23)10-17(24)21(13)18(9-14)31-11-19(26)25-16-4-2-12(3-5-16)6-20(27)28/h2-5,7-10H,6,11H2,1H3,(H,25,26)(H,27,28). The molecule has 0 aliphatic carbocycles. The number of hydrogen-bond donors (Lipinski definition) is 2. The highest BCUT2D eigenvalue weighted by Gasteiger charge is 2.16. The normalized spacial score (nSPS) is 10.5. The summed E-state index contributed by atoms with van der Waals surface area (Å²) in [6.07, 6.45) is -0.105. The van der Waals surface area contributed by atoms with Gasteiger partial charge < -0.3 is 19.9 Å². The number of halogens is 2. The lowest BCUT2D eigenvalue weighted by molar-refractivity contribution is -0.136. The number of carbonyl (C=O) groups is 3. The minimum atomic E-state index is -0.938. The molecule has 7 nitrogen and oxygen atoms in total. The minimum Gasteiger partial charge on any atom is -0.483 e. The quantitative estimate of drug-likeness (QED) is 0.499. The third-order valence-electron chi connectivity index (χ3n) is 4.30. The van der Waals surface area contributed by atoms with Gasteiger partial charge in [-0.2, -0.15) is 0 Å². The molecular formula is C22H17Cl2NO6. The zero-order chi connectivity index (χ0) is 22.5. The Morgan fingerprint density at radius 2 is 1.74 bits per heavy atom. The van der Waals surface area contributed by atoms with E-state index >= 15 is 0 Å². The van der Waals surface area contributed by atoms with Crippen molar-refractivity contribution in [2.75, 3.05) is 19.0 Å². The van der Waals surface area contributed by atoms with Crippen molar-refractivity contribution in [3.8, 4) is 5.75 Å². The van der Waals surface area contributed by atoms with E-state index in [-0.39, 0.29) is 24.3 Å². The number of amides is 1. The van der Waals surface area contributed by atoms with Crippen LogP contribution in [0.3, 0.4) is 0 Å². The Morgan fingerprint density at radius 3 is 2.39 bits per heavy atom. The summed E-state index contributed by atoms with van der Waals surface area (Å²) >= 11 is 12.4. The summed E-state index contributed by atoms with van der Waals surface area (Å²) in [4.78, 5) is 35.1. The lowest BCUT2D eigenvalue weighted by Gasteiger charge is -2.13. The molecule has 0 bridgehead atoms. The fourth-order valence-corrected chi connectivity index (χ4v) is 3.56. The molecule has 3 rings (SSSR count). The number of rotatable bonds is 7. The molecule has 0 aliphatic heterocycles. The van der Waals surface area contributed by atoms with Crippen LogP contribution in [-0.4, -0.2) is 36.7 Å². The fraction of sp³-hybridized carbons (Fsp3) is 0.136. The van der Waals surface area contributed by atoms with E-state index in [4.69, 9.17) is 37.8 Å². The first-order valence-electron chi connectivity index (χ1n) is 9.01. The van der Waals surface area contributed by atoms with Crippen LogP contribution in [0.1, 0.15) is 15.9 Å². The molecule has 0 radical (unpaired) electrons. The number of nitrogens with one attached hydrogen (secondary N) is 1. The molecule has 3 aromatic carbocycles. The Labute approximate surface area is 187 Å². The zero-order valence-electron chi connectivity index (χ0n) is 16.3. The highest BCUT2D eigenvalue weighted by Crippen LogP contribution is 2.36. The Hall–Kier alpha value is -3.29. The third-order valence-corrected chi connectivity index (χ3v) is 4.82. The summed E-state index contributed by atoms with van der Waals surface area (Å²) in [6.45, 7) is -0.352. The van der Waals surface area contributed by atoms with Gasteiger partial charge in [-0.15, -0.1) is 0 Å². The van der Waals surface area contributed by atoms with Gasteiger partial charge >= 0.3 is 11.9 Å². The van der Waals surface area contributed by atoms with E-state index in [2.05, 4.69) is 5.32 Å². The topological polar surface area (TPSA) is 102 Å². The Morgan fingerprint density at radius 1 is 1.03 bits per heavy atom. The van der Waals surface area contributed by atoms with Crippen LogP contribution in [0.15, 0.2) is 48.5 Å². The second-order valence-electron chi connectivity index (χ2n) is 6.56. The molecule has 3 aromatic rings. The Balaban J connectivity index is 1.78. The lowest BCUT2D eigenvalue weighted by atomic mass is 10.1. The van der Waals surface area contributed by atoms with Crippen molar-refractivity contribution in [1.82, 2.24) is 0 Å². The number of carboxylic acid groups (broad SMARTS) is 1. The smallest absolute Gasteiger partial charge is 0.338 e. The maximum Gasteiger partial charge on any atom is 0.338 e. The molecule has 1 amide bonds. The summed E-state index contributed by atoms with van der Waals surface area (Å²) in [6, 6.07) is 12.6. The number of ether oxygens (including phenoxy) is 2. The van der Waals surface area contributed by atoms with Gasteiger partial charge in [0.25, 0.3) is 5.91 Å². The molecule has 0 aromatic heterocycles. The third kappa shape index (κ3) is 5.65. The van der Waals surface area contributed by atoms with Crippen LogP contribution in [0, 0.1) is 0 Å². The van der Waals surface area contributed by atoms with E-state index in [1.54, 1.807) is 36.4 Å². The average Bonchev–Trinajstić information content (AvgIpc) is 2.71. The van der Waals surface area contributed by atoms with Gasteiger partial charge in [-0.05, 0) is 47.3 Å². The van der Waals surface area contributed by atoms with Crippen LogP contribution in [0.25, 0.3) is 10.8 Å². The molecule has 2 N–H and O–H groups in total. The van der Waals surface area contributed by atoms with Crippen molar-refractivity contribution in [3.63, 3.8) is 0 Å². The van der Waals surface area contributed by atoms with Gasteiger partial charge in [0.2, 0.25) is 0 Å². The lowest BCUT2D eigenvalue weighted by Crippen LogP contribution is -2.20. The maximum absolute atomic E-state index is 12.3. The van der Waals surface area contributed by atoms with Gasteiger partial charge in [-0.25, -0.2) is 4.79 Å². The molecule has 31 heavy (non-hydrogen) atoms. The minimum absolute atomic E-state index is 0.105. The first kappa shape index (κ1) is 22.4.